The minimum Gasteiger partial charge on any atom is -0.473 e. The summed E-state index contributed by atoms with van der Waals surface area (Å²) >= 11 is 0. The summed E-state index contributed by atoms with van der Waals surface area (Å²) in [6, 6.07) is 0. The smallest absolute Gasteiger partial charge is 0.422 e. The number of esters is 1. The van der Waals surface area contributed by atoms with Crippen LogP contribution in [0.15, 0.2) is 12.3 Å². The SMILES string of the molecule is CCC(C)C=COC(=O)C(=O)O. The molecule has 0 spiro atoms. The van der Waals surface area contributed by atoms with E-state index in [4.69, 9.17) is 5.11 Å². The zero-order valence-electron chi connectivity index (χ0n) is 7.11. The van der Waals surface area contributed by atoms with Gasteiger partial charge in [-0.25, -0.2) is 9.59 Å². The maximum atomic E-state index is 10.3. The molecule has 0 aliphatic carbocycles. The second kappa shape index (κ2) is 5.35. The summed E-state index contributed by atoms with van der Waals surface area (Å²) < 4.78 is 4.26. The summed E-state index contributed by atoms with van der Waals surface area (Å²) in [6.07, 6.45) is 3.67. The van der Waals surface area contributed by atoms with Gasteiger partial charge in [0.2, 0.25) is 0 Å². The third-order valence-corrected chi connectivity index (χ3v) is 1.40. The van der Waals surface area contributed by atoms with E-state index >= 15 is 0 Å². The van der Waals surface area contributed by atoms with Gasteiger partial charge in [0.1, 0.15) is 0 Å². The molecule has 68 valence electrons. The number of aliphatic carboxylic acids is 1. The molecule has 0 aromatic rings. The van der Waals surface area contributed by atoms with E-state index in [1.165, 1.54) is 0 Å². The van der Waals surface area contributed by atoms with E-state index in [9.17, 15) is 9.59 Å². The largest absolute Gasteiger partial charge is 0.473 e. The first-order chi connectivity index (χ1) is 5.57. The fraction of sp³-hybridized carbons (Fsp3) is 0.500. The highest BCUT2D eigenvalue weighted by Crippen LogP contribution is 2.01. The normalized spacial score (nSPS) is 12.8. The molecule has 0 bridgehead atoms. The summed E-state index contributed by atoms with van der Waals surface area (Å²) in [6.45, 7) is 3.92. The fourth-order valence-electron chi connectivity index (χ4n) is 0.422. The lowest BCUT2D eigenvalue weighted by Crippen LogP contribution is -2.13. The van der Waals surface area contributed by atoms with E-state index in [0.29, 0.717) is 0 Å². The van der Waals surface area contributed by atoms with Crippen LogP contribution in [0, 0.1) is 5.92 Å². The van der Waals surface area contributed by atoms with Crippen LogP contribution in [0.1, 0.15) is 20.3 Å². The highest BCUT2D eigenvalue weighted by molar-refractivity contribution is 6.28. The van der Waals surface area contributed by atoms with E-state index in [0.717, 1.165) is 12.7 Å². The molecule has 1 atom stereocenters. The average Bonchev–Trinajstić information content (AvgIpc) is 2.03. The van der Waals surface area contributed by atoms with Crippen molar-refractivity contribution in [3.8, 4) is 0 Å². The monoisotopic (exact) mass is 172 g/mol. The second-order valence-electron chi connectivity index (χ2n) is 2.42. The lowest BCUT2D eigenvalue weighted by Gasteiger charge is -1.98. The first-order valence-electron chi connectivity index (χ1n) is 3.68. The van der Waals surface area contributed by atoms with Gasteiger partial charge in [0.15, 0.2) is 0 Å². The molecule has 4 heteroatoms. The molecule has 0 aromatic heterocycles. The average molecular weight is 172 g/mol. The number of allylic oxidation sites excluding steroid dienone is 1. The van der Waals surface area contributed by atoms with Gasteiger partial charge in [0.25, 0.3) is 0 Å². The van der Waals surface area contributed by atoms with Gasteiger partial charge in [-0.05, 0) is 18.4 Å². The molecule has 0 radical (unpaired) electrons. The maximum absolute atomic E-state index is 10.3. The van der Waals surface area contributed by atoms with Crippen molar-refractivity contribution in [3.05, 3.63) is 12.3 Å². The molecule has 1 unspecified atom stereocenters. The molecule has 0 aliphatic heterocycles. The Morgan fingerprint density at radius 2 is 2.17 bits per heavy atom. The Kier molecular flexibility index (Phi) is 4.76. The van der Waals surface area contributed by atoms with Gasteiger partial charge >= 0.3 is 11.9 Å². The maximum Gasteiger partial charge on any atom is 0.422 e. The van der Waals surface area contributed by atoms with Crippen LogP contribution < -0.4 is 0 Å². The summed E-state index contributed by atoms with van der Waals surface area (Å²) in [7, 11) is 0. The van der Waals surface area contributed by atoms with Crippen molar-refractivity contribution in [2.75, 3.05) is 0 Å². The molecule has 0 aliphatic rings. The molecule has 0 saturated carbocycles. The van der Waals surface area contributed by atoms with Gasteiger partial charge in [0, 0.05) is 0 Å². The van der Waals surface area contributed by atoms with E-state index < -0.39 is 11.9 Å². The van der Waals surface area contributed by atoms with Gasteiger partial charge in [-0.2, -0.15) is 0 Å². The van der Waals surface area contributed by atoms with Gasteiger partial charge in [-0.1, -0.05) is 13.8 Å². The molecule has 0 amide bonds. The Morgan fingerprint density at radius 3 is 2.58 bits per heavy atom. The summed E-state index contributed by atoms with van der Waals surface area (Å²) in [5.74, 6) is -2.55. The number of hydrogen-bond donors (Lipinski definition) is 1. The molecular formula is C8H12O4. The minimum absolute atomic E-state index is 0.284. The van der Waals surface area contributed by atoms with Crippen LogP contribution in [0.2, 0.25) is 0 Å². The molecule has 4 nitrogen and oxygen atoms in total. The first-order valence-corrected chi connectivity index (χ1v) is 3.68. The Hall–Kier alpha value is -1.32. The molecule has 1 N–H and O–H groups in total. The van der Waals surface area contributed by atoms with E-state index in [-0.39, 0.29) is 5.92 Å². The van der Waals surface area contributed by atoms with Crippen LogP contribution in [0.25, 0.3) is 0 Å². The van der Waals surface area contributed by atoms with E-state index in [1.807, 2.05) is 13.8 Å². The topological polar surface area (TPSA) is 63.6 Å². The Labute approximate surface area is 70.8 Å². The predicted octanol–water partition coefficient (Wildman–Crippen LogP) is 1.17. The Balaban J connectivity index is 3.75. The van der Waals surface area contributed by atoms with Crippen LogP contribution in [-0.4, -0.2) is 17.0 Å². The zero-order valence-corrected chi connectivity index (χ0v) is 7.11. The van der Waals surface area contributed by atoms with Crippen molar-refractivity contribution in [1.82, 2.24) is 0 Å². The van der Waals surface area contributed by atoms with Gasteiger partial charge < -0.3 is 9.84 Å². The molecule has 0 rings (SSSR count). The summed E-state index contributed by atoms with van der Waals surface area (Å²) in [4.78, 5) is 20.3. The number of carboxylic acids is 1. The van der Waals surface area contributed by atoms with Gasteiger partial charge in [0.05, 0.1) is 6.26 Å². The number of carbonyl (C=O) groups is 2. The van der Waals surface area contributed by atoms with Crippen LogP contribution in [0.5, 0.6) is 0 Å². The highest BCUT2D eigenvalue weighted by Gasteiger charge is 2.10. The predicted molar refractivity (Wildman–Crippen MR) is 42.3 cm³/mol. The number of ether oxygens (including phenoxy) is 1. The minimum atomic E-state index is -1.58. The van der Waals surface area contributed by atoms with Gasteiger partial charge in [-0.3, -0.25) is 0 Å². The molecule has 0 fully saturated rings. The second-order valence-corrected chi connectivity index (χ2v) is 2.42. The first kappa shape index (κ1) is 10.7. The third kappa shape index (κ3) is 4.49. The molecule has 0 aromatic carbocycles. The number of rotatable bonds is 3. The van der Waals surface area contributed by atoms with Crippen LogP contribution in [-0.2, 0) is 14.3 Å². The van der Waals surface area contributed by atoms with Crippen molar-refractivity contribution in [1.29, 1.82) is 0 Å². The fourth-order valence-corrected chi connectivity index (χ4v) is 0.422. The van der Waals surface area contributed by atoms with Crippen LogP contribution in [0.4, 0.5) is 0 Å². The zero-order chi connectivity index (χ0) is 9.56. The Morgan fingerprint density at radius 1 is 1.58 bits per heavy atom. The number of carboxylic acid groups (broad SMARTS) is 1. The molecule has 0 heterocycles. The molecular weight excluding hydrogens is 160 g/mol. The summed E-state index contributed by atoms with van der Waals surface area (Å²) in [5.41, 5.74) is 0. The van der Waals surface area contributed by atoms with Crippen molar-refractivity contribution in [2.45, 2.75) is 20.3 Å². The number of hydrogen-bond acceptors (Lipinski definition) is 3. The summed E-state index contributed by atoms with van der Waals surface area (Å²) in [5, 5.41) is 8.10. The van der Waals surface area contributed by atoms with Crippen LogP contribution in [0.3, 0.4) is 0 Å². The van der Waals surface area contributed by atoms with Crippen molar-refractivity contribution < 1.29 is 19.4 Å². The molecule has 0 saturated heterocycles. The quantitative estimate of drug-likeness (QED) is 0.394. The lowest BCUT2D eigenvalue weighted by atomic mass is 10.1. The standard InChI is InChI=1S/C8H12O4/c1-3-6(2)4-5-12-8(11)7(9)10/h4-6H,3H2,1-2H3,(H,9,10). The highest BCUT2D eigenvalue weighted by atomic mass is 16.6. The third-order valence-electron chi connectivity index (χ3n) is 1.40. The molecule has 12 heavy (non-hydrogen) atoms. The number of carbonyl (C=O) groups excluding carboxylic acids is 1. The lowest BCUT2D eigenvalue weighted by molar-refractivity contribution is -0.160. The van der Waals surface area contributed by atoms with E-state index in [1.54, 1.807) is 6.08 Å². The van der Waals surface area contributed by atoms with Crippen molar-refractivity contribution in [3.63, 3.8) is 0 Å². The van der Waals surface area contributed by atoms with Crippen LogP contribution >= 0.6 is 0 Å². The van der Waals surface area contributed by atoms with Crippen molar-refractivity contribution in [2.24, 2.45) is 5.92 Å². The van der Waals surface area contributed by atoms with E-state index in [2.05, 4.69) is 4.74 Å². The van der Waals surface area contributed by atoms with Gasteiger partial charge in [-0.15, -0.1) is 0 Å². The van der Waals surface area contributed by atoms with Crippen molar-refractivity contribution >= 4 is 11.9 Å². The Bertz CT molecular complexity index is 195.